The van der Waals surface area contributed by atoms with Gasteiger partial charge in [0.1, 0.15) is 17.8 Å². The molecule has 1 aliphatic heterocycles. The third-order valence-corrected chi connectivity index (χ3v) is 4.33. The lowest BCUT2D eigenvalue weighted by Crippen LogP contribution is -2.43. The number of ketones is 1. The molecule has 1 N–H and O–H groups in total. The van der Waals surface area contributed by atoms with Crippen LogP contribution in [0, 0.1) is 11.3 Å². The van der Waals surface area contributed by atoms with E-state index in [1.165, 1.54) is 6.92 Å². The van der Waals surface area contributed by atoms with Gasteiger partial charge in [0.2, 0.25) is 5.91 Å². The molecule has 0 aromatic heterocycles. The third-order valence-electron chi connectivity index (χ3n) is 4.33. The minimum absolute atomic E-state index is 0.0836. The minimum atomic E-state index is -1.05. The second kappa shape index (κ2) is 6.38. The number of carbonyl (C=O) groups excluding carboxylic acids is 2. The smallest absolute Gasteiger partial charge is 0.243 e. The number of hydrogen-bond donors (Lipinski definition) is 1. The summed E-state index contributed by atoms with van der Waals surface area (Å²) in [7, 11) is 1.76. The van der Waals surface area contributed by atoms with Crippen LogP contribution in [-0.4, -0.2) is 40.0 Å². The SMILES string of the molecule is CC(=O)N(O)C1C=C2C(=CN(C)C(C#N)=C2c2ccccc2)CC1=O. The molecule has 1 aromatic carbocycles. The van der Waals surface area contributed by atoms with E-state index in [9.17, 15) is 20.1 Å². The maximum atomic E-state index is 12.4. The molecular weight excluding hydrogens is 318 g/mol. The molecule has 2 aliphatic rings. The molecule has 3 rings (SSSR count). The third kappa shape index (κ3) is 2.86. The summed E-state index contributed by atoms with van der Waals surface area (Å²) in [5.74, 6) is -0.879. The number of amides is 1. The Kier molecular flexibility index (Phi) is 4.26. The van der Waals surface area contributed by atoms with Gasteiger partial charge in [0.05, 0.1) is 0 Å². The summed E-state index contributed by atoms with van der Waals surface area (Å²) < 4.78 is 0. The van der Waals surface area contributed by atoms with Gasteiger partial charge in [-0.3, -0.25) is 14.8 Å². The highest BCUT2D eigenvalue weighted by atomic mass is 16.5. The van der Waals surface area contributed by atoms with Crippen molar-refractivity contribution in [1.82, 2.24) is 9.96 Å². The van der Waals surface area contributed by atoms with Crippen molar-refractivity contribution in [2.24, 2.45) is 0 Å². The quantitative estimate of drug-likeness (QED) is 0.662. The van der Waals surface area contributed by atoms with Crippen molar-refractivity contribution in [3.05, 3.63) is 65.0 Å². The summed E-state index contributed by atoms with van der Waals surface area (Å²) in [6, 6.07) is 10.6. The van der Waals surface area contributed by atoms with Crippen LogP contribution in [0.25, 0.3) is 5.57 Å². The number of allylic oxidation sites excluding steroid dienone is 4. The second-order valence-corrected chi connectivity index (χ2v) is 6.00. The highest BCUT2D eigenvalue weighted by Crippen LogP contribution is 2.40. The molecule has 0 spiro atoms. The normalized spacial score (nSPS) is 19.7. The fourth-order valence-electron chi connectivity index (χ4n) is 3.14. The molecular formula is C19H17N3O3. The molecule has 1 aliphatic carbocycles. The first-order valence-electron chi connectivity index (χ1n) is 7.81. The van der Waals surface area contributed by atoms with Crippen LogP contribution in [0.15, 0.2) is 59.5 Å². The zero-order chi connectivity index (χ0) is 18.1. The van der Waals surface area contributed by atoms with Gasteiger partial charge in [-0.15, -0.1) is 0 Å². The molecule has 6 heteroatoms. The number of benzene rings is 1. The number of nitrogens with zero attached hydrogens (tertiary/aromatic N) is 3. The van der Waals surface area contributed by atoms with E-state index < -0.39 is 11.9 Å². The summed E-state index contributed by atoms with van der Waals surface area (Å²) in [6.45, 7) is 1.19. The van der Waals surface area contributed by atoms with E-state index >= 15 is 0 Å². The summed E-state index contributed by atoms with van der Waals surface area (Å²) in [4.78, 5) is 25.5. The second-order valence-electron chi connectivity index (χ2n) is 6.00. The van der Waals surface area contributed by atoms with Crippen LogP contribution in [0.2, 0.25) is 0 Å². The molecule has 0 bridgehead atoms. The van der Waals surface area contributed by atoms with Crippen LogP contribution in [0.4, 0.5) is 0 Å². The van der Waals surface area contributed by atoms with Gasteiger partial charge in [0.25, 0.3) is 0 Å². The molecule has 6 nitrogen and oxygen atoms in total. The Hall–Kier alpha value is -3.17. The van der Waals surface area contributed by atoms with Crippen LogP contribution in [-0.2, 0) is 9.59 Å². The van der Waals surface area contributed by atoms with Gasteiger partial charge in [0, 0.05) is 32.2 Å². The van der Waals surface area contributed by atoms with Crippen molar-refractivity contribution in [2.45, 2.75) is 19.4 Å². The number of fused-ring (bicyclic) bond motifs is 1. The summed E-state index contributed by atoms with van der Waals surface area (Å²) in [6.07, 6.45) is 3.40. The highest BCUT2D eigenvalue weighted by Gasteiger charge is 2.35. The number of nitriles is 1. The van der Waals surface area contributed by atoms with E-state index in [0.717, 1.165) is 11.1 Å². The molecule has 0 saturated heterocycles. The van der Waals surface area contributed by atoms with Crippen molar-refractivity contribution in [1.29, 1.82) is 5.26 Å². The van der Waals surface area contributed by atoms with Crippen molar-refractivity contribution in [3.63, 3.8) is 0 Å². The highest BCUT2D eigenvalue weighted by molar-refractivity contribution is 5.99. The topological polar surface area (TPSA) is 84.6 Å². The lowest BCUT2D eigenvalue weighted by molar-refractivity contribution is -0.172. The van der Waals surface area contributed by atoms with Gasteiger partial charge >= 0.3 is 0 Å². The first-order chi connectivity index (χ1) is 11.9. The number of rotatable bonds is 2. The van der Waals surface area contributed by atoms with Crippen molar-refractivity contribution in [2.75, 3.05) is 7.05 Å². The molecule has 0 saturated carbocycles. The fourth-order valence-corrected chi connectivity index (χ4v) is 3.14. The lowest BCUT2D eigenvalue weighted by atomic mass is 9.80. The molecule has 0 radical (unpaired) electrons. The first-order valence-corrected chi connectivity index (χ1v) is 7.81. The van der Waals surface area contributed by atoms with E-state index in [2.05, 4.69) is 6.07 Å². The standard InChI is InChI=1S/C19H17N3O3/c1-12(23)22(25)16-9-15-14(8-18(16)24)11-21(2)17(10-20)19(15)13-6-4-3-5-7-13/h3-7,9,11,16,25H,8H2,1-2H3. The summed E-state index contributed by atoms with van der Waals surface area (Å²) >= 11 is 0. The van der Waals surface area contributed by atoms with Crippen LogP contribution in [0.1, 0.15) is 18.9 Å². The maximum Gasteiger partial charge on any atom is 0.243 e. The summed E-state index contributed by atoms with van der Waals surface area (Å²) in [5.41, 5.74) is 3.44. The van der Waals surface area contributed by atoms with E-state index in [1.54, 1.807) is 24.2 Å². The lowest BCUT2D eigenvalue weighted by Gasteiger charge is -2.33. The van der Waals surface area contributed by atoms with Gasteiger partial charge in [-0.05, 0) is 22.8 Å². The average molecular weight is 335 g/mol. The Morgan fingerprint density at radius 2 is 2.04 bits per heavy atom. The average Bonchev–Trinajstić information content (AvgIpc) is 2.60. The maximum absolute atomic E-state index is 12.4. The molecule has 1 amide bonds. The Morgan fingerprint density at radius 1 is 1.36 bits per heavy atom. The van der Waals surface area contributed by atoms with Crippen LogP contribution in [0.5, 0.6) is 0 Å². The number of carbonyl (C=O) groups is 2. The molecule has 0 fully saturated rings. The van der Waals surface area contributed by atoms with Crippen molar-refractivity contribution in [3.8, 4) is 6.07 Å². The predicted molar refractivity (Wildman–Crippen MR) is 90.6 cm³/mol. The number of hydrogen-bond acceptors (Lipinski definition) is 5. The molecule has 25 heavy (non-hydrogen) atoms. The Labute approximate surface area is 145 Å². The zero-order valence-electron chi connectivity index (χ0n) is 13.9. The van der Waals surface area contributed by atoms with E-state index in [-0.39, 0.29) is 12.2 Å². The van der Waals surface area contributed by atoms with Gasteiger partial charge in [-0.1, -0.05) is 30.3 Å². The molecule has 1 aromatic rings. The first kappa shape index (κ1) is 16.7. The monoisotopic (exact) mass is 335 g/mol. The van der Waals surface area contributed by atoms with Crippen molar-refractivity contribution < 1.29 is 14.8 Å². The van der Waals surface area contributed by atoms with E-state index in [0.29, 0.717) is 21.9 Å². The number of Topliss-reactive ketones (excluding diaryl/α,β-unsaturated/α-hetero) is 1. The Morgan fingerprint density at radius 3 is 2.64 bits per heavy atom. The zero-order valence-corrected chi connectivity index (χ0v) is 13.9. The van der Waals surface area contributed by atoms with Crippen LogP contribution < -0.4 is 0 Å². The fraction of sp³-hybridized carbons (Fsp3) is 0.211. The van der Waals surface area contributed by atoms with Gasteiger partial charge < -0.3 is 4.90 Å². The van der Waals surface area contributed by atoms with Crippen molar-refractivity contribution >= 4 is 17.3 Å². The van der Waals surface area contributed by atoms with Gasteiger partial charge in [-0.25, -0.2) is 5.06 Å². The van der Waals surface area contributed by atoms with Gasteiger partial charge in [-0.2, -0.15) is 5.26 Å². The molecule has 126 valence electrons. The van der Waals surface area contributed by atoms with Gasteiger partial charge in [0.15, 0.2) is 5.78 Å². The minimum Gasteiger partial charge on any atom is -0.342 e. The Balaban J connectivity index is 2.20. The van der Waals surface area contributed by atoms with E-state index in [1.807, 2.05) is 30.3 Å². The van der Waals surface area contributed by atoms with E-state index in [4.69, 9.17) is 0 Å². The largest absolute Gasteiger partial charge is 0.342 e. The summed E-state index contributed by atoms with van der Waals surface area (Å²) in [5, 5.41) is 20.0. The number of hydroxylamine groups is 2. The molecule has 1 heterocycles. The van der Waals surface area contributed by atoms with Crippen LogP contribution >= 0.6 is 0 Å². The predicted octanol–water partition coefficient (Wildman–Crippen LogP) is 2.26. The Bertz CT molecular complexity index is 875. The van der Waals surface area contributed by atoms with Crippen LogP contribution in [0.3, 0.4) is 0 Å². The molecule has 1 unspecified atom stereocenters. The molecule has 1 atom stereocenters.